The summed E-state index contributed by atoms with van der Waals surface area (Å²) < 4.78 is 0. The number of carboxylic acids is 1. The highest BCUT2D eigenvalue weighted by Gasteiger charge is 2.20. The van der Waals surface area contributed by atoms with E-state index in [2.05, 4.69) is 20.9 Å². The number of nitrogens with one attached hydrogen (secondary N) is 3. The molecule has 9 nitrogen and oxygen atoms in total. The number of aromatic carboxylic acids is 1. The number of aromatic nitrogens is 1. The van der Waals surface area contributed by atoms with Gasteiger partial charge in [0.2, 0.25) is 5.91 Å². The molecule has 0 aliphatic heterocycles. The highest BCUT2D eigenvalue weighted by Crippen LogP contribution is 2.29. The van der Waals surface area contributed by atoms with E-state index in [1.165, 1.54) is 23.9 Å². The first-order valence-electron chi connectivity index (χ1n) is 13.4. The minimum absolute atomic E-state index is 0.0321. The molecule has 0 radical (unpaired) electrons. The molecule has 1 heterocycles. The van der Waals surface area contributed by atoms with Crippen LogP contribution in [0.1, 0.15) is 45.2 Å². The van der Waals surface area contributed by atoms with Crippen LogP contribution in [0.25, 0.3) is 6.08 Å². The zero-order valence-corrected chi connectivity index (χ0v) is 24.4. The van der Waals surface area contributed by atoms with Gasteiger partial charge in [-0.05, 0) is 79.1 Å². The summed E-state index contributed by atoms with van der Waals surface area (Å²) in [7, 11) is 0. The van der Waals surface area contributed by atoms with Crippen molar-refractivity contribution in [2.45, 2.75) is 30.4 Å². The molecule has 4 N–H and O–H groups in total. The van der Waals surface area contributed by atoms with E-state index in [0.29, 0.717) is 28.9 Å². The van der Waals surface area contributed by atoms with Crippen molar-refractivity contribution in [1.82, 2.24) is 10.3 Å². The number of amides is 3. The Labute approximate surface area is 253 Å². The van der Waals surface area contributed by atoms with Crippen LogP contribution in [0.15, 0.2) is 108 Å². The van der Waals surface area contributed by atoms with Crippen LogP contribution in [0.3, 0.4) is 0 Å². The lowest BCUT2D eigenvalue weighted by Crippen LogP contribution is -2.30. The molecule has 0 saturated heterocycles. The number of carboxylic acid groups (broad SMARTS) is 1. The molecule has 3 aromatic carbocycles. The average Bonchev–Trinajstić information content (AvgIpc) is 3.01. The first kappa shape index (κ1) is 30.7. The van der Waals surface area contributed by atoms with E-state index in [-0.39, 0.29) is 17.2 Å². The van der Waals surface area contributed by atoms with E-state index in [1.54, 1.807) is 92.1 Å². The zero-order valence-electron chi connectivity index (χ0n) is 23.5. The summed E-state index contributed by atoms with van der Waals surface area (Å²) in [6, 6.07) is 23.7. The van der Waals surface area contributed by atoms with Crippen LogP contribution >= 0.6 is 11.8 Å². The highest BCUT2D eigenvalue weighted by atomic mass is 32.2. The SMILES string of the molecule is CCC(Sc1cccc(NC(=O)/C(=C/c2cccnc2)NC(=O)c2ccccc2)c1)C(=O)Nc1cc(C(=O)O)ccc1C. The third kappa shape index (κ3) is 8.64. The van der Waals surface area contributed by atoms with Crippen LogP contribution in [0.2, 0.25) is 0 Å². The normalized spacial score (nSPS) is 11.7. The molecular weight excluding hydrogens is 564 g/mol. The lowest BCUT2D eigenvalue weighted by atomic mass is 10.1. The molecule has 1 unspecified atom stereocenters. The van der Waals surface area contributed by atoms with Gasteiger partial charge >= 0.3 is 5.97 Å². The number of rotatable bonds is 11. The van der Waals surface area contributed by atoms with Crippen LogP contribution < -0.4 is 16.0 Å². The van der Waals surface area contributed by atoms with Crippen molar-refractivity contribution in [2.75, 3.05) is 10.6 Å². The first-order chi connectivity index (χ1) is 20.7. The molecule has 0 spiro atoms. The summed E-state index contributed by atoms with van der Waals surface area (Å²) in [6.07, 6.45) is 5.24. The molecule has 1 atom stereocenters. The molecule has 0 saturated carbocycles. The predicted molar refractivity (Wildman–Crippen MR) is 168 cm³/mol. The Morgan fingerprint density at radius 2 is 1.70 bits per heavy atom. The number of aryl methyl sites for hydroxylation is 1. The second-order valence-electron chi connectivity index (χ2n) is 9.49. The number of hydrogen-bond acceptors (Lipinski definition) is 6. The third-order valence-corrected chi connectivity index (χ3v) is 7.66. The van der Waals surface area contributed by atoms with Gasteiger partial charge in [0.05, 0.1) is 10.8 Å². The number of carbonyl (C=O) groups excluding carboxylic acids is 3. The van der Waals surface area contributed by atoms with E-state index in [9.17, 15) is 24.3 Å². The summed E-state index contributed by atoms with van der Waals surface area (Å²) in [5, 5.41) is 17.2. The topological polar surface area (TPSA) is 137 Å². The third-order valence-electron chi connectivity index (χ3n) is 6.30. The standard InChI is InChI=1S/C33H30N4O5S/c1-3-29(32(40)36-27-18-24(33(41)42)15-14-21(27)2)43-26-13-7-12-25(19-26)35-31(39)28(17-22-9-8-16-34-20-22)37-30(38)23-10-5-4-6-11-23/h4-20,29H,3H2,1-2H3,(H,35,39)(H,36,40)(H,37,38)(H,41,42)/b28-17-. The van der Waals surface area contributed by atoms with Gasteiger partial charge < -0.3 is 21.1 Å². The van der Waals surface area contributed by atoms with Gasteiger partial charge in [-0.3, -0.25) is 19.4 Å². The van der Waals surface area contributed by atoms with Crippen LogP contribution in [-0.4, -0.2) is 39.0 Å². The van der Waals surface area contributed by atoms with Gasteiger partial charge in [0.1, 0.15) is 5.70 Å². The van der Waals surface area contributed by atoms with Crippen LogP contribution in [0, 0.1) is 6.92 Å². The molecule has 10 heteroatoms. The highest BCUT2D eigenvalue weighted by molar-refractivity contribution is 8.00. The van der Waals surface area contributed by atoms with Gasteiger partial charge in [0, 0.05) is 34.2 Å². The van der Waals surface area contributed by atoms with Crippen molar-refractivity contribution >= 4 is 52.9 Å². The monoisotopic (exact) mass is 594 g/mol. The molecule has 218 valence electrons. The second kappa shape index (κ2) is 14.6. The smallest absolute Gasteiger partial charge is 0.335 e. The summed E-state index contributed by atoms with van der Waals surface area (Å²) in [5.41, 5.74) is 2.81. The summed E-state index contributed by atoms with van der Waals surface area (Å²) in [5.74, 6) is -2.31. The maximum absolute atomic E-state index is 13.4. The Balaban J connectivity index is 1.49. The van der Waals surface area contributed by atoms with Crippen molar-refractivity contribution in [3.8, 4) is 0 Å². The molecule has 4 aromatic rings. The van der Waals surface area contributed by atoms with Crippen molar-refractivity contribution < 1.29 is 24.3 Å². The van der Waals surface area contributed by atoms with E-state index in [0.717, 1.165) is 10.5 Å². The number of nitrogens with zero attached hydrogens (tertiary/aromatic N) is 1. The van der Waals surface area contributed by atoms with Crippen molar-refractivity contribution in [2.24, 2.45) is 0 Å². The van der Waals surface area contributed by atoms with Crippen LogP contribution in [0.4, 0.5) is 11.4 Å². The van der Waals surface area contributed by atoms with Gasteiger partial charge in [-0.15, -0.1) is 11.8 Å². The molecule has 43 heavy (non-hydrogen) atoms. The fourth-order valence-corrected chi connectivity index (χ4v) is 5.02. The lowest BCUT2D eigenvalue weighted by molar-refractivity contribution is -0.116. The number of hydrogen-bond donors (Lipinski definition) is 4. The quantitative estimate of drug-likeness (QED) is 0.123. The van der Waals surface area contributed by atoms with Gasteiger partial charge in [-0.1, -0.05) is 43.3 Å². The molecule has 1 aromatic heterocycles. The number of pyridine rings is 1. The van der Waals surface area contributed by atoms with E-state index < -0.39 is 23.0 Å². The Morgan fingerprint density at radius 1 is 0.907 bits per heavy atom. The Morgan fingerprint density at radius 3 is 2.40 bits per heavy atom. The molecule has 0 fully saturated rings. The molecular formula is C33H30N4O5S. The number of anilines is 2. The average molecular weight is 595 g/mol. The number of thioether (sulfide) groups is 1. The Bertz CT molecular complexity index is 1660. The fraction of sp³-hybridized carbons (Fsp3) is 0.121. The zero-order chi connectivity index (χ0) is 30.8. The van der Waals surface area contributed by atoms with Gasteiger partial charge in [-0.25, -0.2) is 4.79 Å². The second-order valence-corrected chi connectivity index (χ2v) is 10.8. The Hall–Kier alpha value is -5.22. The minimum atomic E-state index is -1.08. The summed E-state index contributed by atoms with van der Waals surface area (Å²) >= 11 is 1.32. The summed E-state index contributed by atoms with van der Waals surface area (Å²) in [4.78, 5) is 55.5. The van der Waals surface area contributed by atoms with Crippen molar-refractivity contribution in [3.05, 3.63) is 125 Å². The largest absolute Gasteiger partial charge is 0.478 e. The lowest BCUT2D eigenvalue weighted by Gasteiger charge is -2.17. The van der Waals surface area contributed by atoms with Gasteiger partial charge in [-0.2, -0.15) is 0 Å². The number of carbonyl (C=O) groups is 4. The predicted octanol–water partition coefficient (Wildman–Crippen LogP) is 6.01. The maximum Gasteiger partial charge on any atom is 0.335 e. The van der Waals surface area contributed by atoms with E-state index >= 15 is 0 Å². The number of benzene rings is 3. The molecule has 0 aliphatic carbocycles. The summed E-state index contributed by atoms with van der Waals surface area (Å²) in [6.45, 7) is 3.68. The minimum Gasteiger partial charge on any atom is -0.478 e. The molecule has 3 amide bonds. The van der Waals surface area contributed by atoms with Crippen LogP contribution in [0.5, 0.6) is 0 Å². The van der Waals surface area contributed by atoms with Gasteiger partial charge in [0.25, 0.3) is 11.8 Å². The van der Waals surface area contributed by atoms with Crippen molar-refractivity contribution in [1.29, 1.82) is 0 Å². The maximum atomic E-state index is 13.4. The molecule has 0 aliphatic rings. The van der Waals surface area contributed by atoms with Crippen LogP contribution in [-0.2, 0) is 9.59 Å². The first-order valence-corrected chi connectivity index (χ1v) is 14.3. The van der Waals surface area contributed by atoms with E-state index in [4.69, 9.17) is 0 Å². The fourth-order valence-electron chi connectivity index (χ4n) is 4.01. The molecule has 4 rings (SSSR count). The Kier molecular flexibility index (Phi) is 10.4. The molecule has 0 bridgehead atoms. The van der Waals surface area contributed by atoms with E-state index in [1.807, 2.05) is 13.0 Å². The van der Waals surface area contributed by atoms with Crippen molar-refractivity contribution in [3.63, 3.8) is 0 Å². The van der Waals surface area contributed by atoms with Gasteiger partial charge in [0.15, 0.2) is 0 Å².